The fourth-order valence-corrected chi connectivity index (χ4v) is 3.18. The van der Waals surface area contributed by atoms with Crippen molar-refractivity contribution in [2.45, 2.75) is 32.4 Å². The van der Waals surface area contributed by atoms with Gasteiger partial charge in [0.25, 0.3) is 0 Å². The van der Waals surface area contributed by atoms with Crippen LogP contribution in [0.25, 0.3) is 0 Å². The monoisotopic (exact) mass is 341 g/mol. The lowest BCUT2D eigenvalue weighted by molar-refractivity contribution is -0.112. The quantitative estimate of drug-likeness (QED) is 0.781. The molecule has 2 heterocycles. The van der Waals surface area contributed by atoms with Crippen LogP contribution in [-0.2, 0) is 14.3 Å². The number of likely N-dealkylation sites (N-methyl/N-ethyl adjacent to an activating group) is 1. The van der Waals surface area contributed by atoms with Crippen LogP contribution in [0, 0.1) is 0 Å². The fourth-order valence-electron chi connectivity index (χ4n) is 2.11. The topological polar surface area (TPSA) is 72.0 Å². The Morgan fingerprint density at radius 2 is 2.13 bits per heavy atom. The zero-order chi connectivity index (χ0) is 17.0. The summed E-state index contributed by atoms with van der Waals surface area (Å²) < 4.78 is 10.6. The van der Waals surface area contributed by atoms with Gasteiger partial charge in [0.05, 0.1) is 18.1 Å². The SMILES string of the molecule is CN(C(=O)OC(C)(C)C)C(C=O)c1cnc(N2CCOCC2)s1. The molecule has 1 aromatic rings. The number of morpholine rings is 1. The molecule has 0 bridgehead atoms. The molecule has 7 nitrogen and oxygen atoms in total. The van der Waals surface area contributed by atoms with Gasteiger partial charge in [-0.2, -0.15) is 0 Å². The number of ether oxygens (including phenoxy) is 2. The average Bonchev–Trinajstić information content (AvgIpc) is 2.97. The highest BCUT2D eigenvalue weighted by atomic mass is 32.1. The third-order valence-electron chi connectivity index (χ3n) is 3.31. The first kappa shape index (κ1) is 17.7. The summed E-state index contributed by atoms with van der Waals surface area (Å²) >= 11 is 1.41. The Labute approximate surface area is 140 Å². The van der Waals surface area contributed by atoms with Gasteiger partial charge in [-0.1, -0.05) is 11.3 Å². The van der Waals surface area contributed by atoms with E-state index in [0.717, 1.165) is 29.4 Å². The van der Waals surface area contributed by atoms with Crippen molar-refractivity contribution in [1.82, 2.24) is 9.88 Å². The first-order valence-corrected chi connectivity index (χ1v) is 8.33. The Kier molecular flexibility index (Phi) is 5.59. The number of hydrogen-bond donors (Lipinski definition) is 0. The first-order chi connectivity index (χ1) is 10.8. The van der Waals surface area contributed by atoms with E-state index < -0.39 is 17.7 Å². The molecular weight excluding hydrogens is 318 g/mol. The molecule has 1 unspecified atom stereocenters. The number of hydrogen-bond acceptors (Lipinski definition) is 7. The molecule has 0 spiro atoms. The molecule has 1 aromatic heterocycles. The van der Waals surface area contributed by atoms with E-state index in [-0.39, 0.29) is 0 Å². The van der Waals surface area contributed by atoms with E-state index in [2.05, 4.69) is 9.88 Å². The number of nitrogens with zero attached hydrogens (tertiary/aromatic N) is 3. The molecule has 0 saturated carbocycles. The molecule has 0 radical (unpaired) electrons. The summed E-state index contributed by atoms with van der Waals surface area (Å²) in [6.07, 6.45) is 1.85. The van der Waals surface area contributed by atoms with Crippen molar-refractivity contribution in [2.75, 3.05) is 38.3 Å². The number of rotatable bonds is 4. The summed E-state index contributed by atoms with van der Waals surface area (Å²) in [4.78, 5) is 32.2. The van der Waals surface area contributed by atoms with E-state index in [0.29, 0.717) is 13.2 Å². The van der Waals surface area contributed by atoms with E-state index in [9.17, 15) is 9.59 Å². The lowest BCUT2D eigenvalue weighted by Gasteiger charge is -2.27. The van der Waals surface area contributed by atoms with Gasteiger partial charge in [-0.3, -0.25) is 4.90 Å². The Morgan fingerprint density at radius 1 is 1.48 bits per heavy atom. The normalized spacial score (nSPS) is 16.8. The standard InChI is InChI=1S/C15H23N3O4S/c1-15(2,3)22-14(20)17(4)11(10-19)12-9-16-13(23-12)18-5-7-21-8-6-18/h9-11H,5-8H2,1-4H3. The van der Waals surface area contributed by atoms with Crippen LogP contribution in [-0.4, -0.2) is 61.2 Å². The number of carbonyl (C=O) groups is 2. The molecule has 1 aliphatic rings. The Balaban J connectivity index is 2.09. The second-order valence-electron chi connectivity index (χ2n) is 6.32. The summed E-state index contributed by atoms with van der Waals surface area (Å²) in [5.41, 5.74) is -0.606. The molecule has 1 aliphatic heterocycles. The number of amides is 1. The van der Waals surface area contributed by atoms with Crippen molar-refractivity contribution in [3.05, 3.63) is 11.1 Å². The van der Waals surface area contributed by atoms with E-state index in [1.165, 1.54) is 16.2 Å². The van der Waals surface area contributed by atoms with Gasteiger partial charge in [0, 0.05) is 26.3 Å². The summed E-state index contributed by atoms with van der Waals surface area (Å²) in [6.45, 7) is 8.27. The number of aldehydes is 1. The van der Waals surface area contributed by atoms with E-state index in [4.69, 9.17) is 9.47 Å². The summed E-state index contributed by atoms with van der Waals surface area (Å²) in [6, 6.07) is -0.697. The smallest absolute Gasteiger partial charge is 0.410 e. The summed E-state index contributed by atoms with van der Waals surface area (Å²) in [5.74, 6) is 0. The average molecular weight is 341 g/mol. The largest absolute Gasteiger partial charge is 0.444 e. The van der Waals surface area contributed by atoms with E-state index in [1.807, 2.05) is 0 Å². The van der Waals surface area contributed by atoms with Crippen LogP contribution >= 0.6 is 11.3 Å². The Morgan fingerprint density at radius 3 is 2.70 bits per heavy atom. The van der Waals surface area contributed by atoms with Crippen LogP contribution in [0.2, 0.25) is 0 Å². The van der Waals surface area contributed by atoms with Crippen molar-refractivity contribution in [2.24, 2.45) is 0 Å². The predicted octanol–water partition coefficient (Wildman–Crippen LogP) is 2.09. The Hall–Kier alpha value is -1.67. The molecular formula is C15H23N3O4S. The van der Waals surface area contributed by atoms with Gasteiger partial charge >= 0.3 is 6.09 Å². The molecule has 1 saturated heterocycles. The lowest BCUT2D eigenvalue weighted by Crippen LogP contribution is -2.37. The summed E-state index contributed by atoms with van der Waals surface area (Å²) in [7, 11) is 1.56. The molecule has 1 amide bonds. The molecule has 0 aromatic carbocycles. The van der Waals surface area contributed by atoms with Gasteiger partial charge in [-0.25, -0.2) is 9.78 Å². The van der Waals surface area contributed by atoms with E-state index in [1.54, 1.807) is 34.0 Å². The van der Waals surface area contributed by atoms with Crippen LogP contribution < -0.4 is 4.90 Å². The third-order valence-corrected chi connectivity index (χ3v) is 4.44. The molecule has 0 N–H and O–H groups in total. The first-order valence-electron chi connectivity index (χ1n) is 7.51. The number of aromatic nitrogens is 1. The van der Waals surface area contributed by atoms with Gasteiger partial charge in [0.1, 0.15) is 17.9 Å². The van der Waals surface area contributed by atoms with Gasteiger partial charge in [0.15, 0.2) is 5.13 Å². The minimum absolute atomic E-state index is 0.532. The van der Waals surface area contributed by atoms with Crippen LogP contribution in [0.5, 0.6) is 0 Å². The third kappa shape index (κ3) is 4.65. The van der Waals surface area contributed by atoms with Crippen molar-refractivity contribution < 1.29 is 19.1 Å². The zero-order valence-electron chi connectivity index (χ0n) is 13.9. The van der Waals surface area contributed by atoms with Crippen molar-refractivity contribution >= 4 is 28.8 Å². The molecule has 8 heteroatoms. The number of thiazole rings is 1. The van der Waals surface area contributed by atoms with Crippen molar-refractivity contribution in [3.8, 4) is 0 Å². The molecule has 0 aliphatic carbocycles. The summed E-state index contributed by atoms with van der Waals surface area (Å²) in [5, 5.41) is 0.840. The maximum atomic E-state index is 12.1. The molecule has 23 heavy (non-hydrogen) atoms. The van der Waals surface area contributed by atoms with Crippen molar-refractivity contribution in [1.29, 1.82) is 0 Å². The van der Waals surface area contributed by atoms with Gasteiger partial charge in [-0.15, -0.1) is 0 Å². The zero-order valence-corrected chi connectivity index (χ0v) is 14.8. The van der Waals surface area contributed by atoms with Gasteiger partial charge in [-0.05, 0) is 20.8 Å². The fraction of sp³-hybridized carbons (Fsp3) is 0.667. The second-order valence-corrected chi connectivity index (χ2v) is 7.36. The predicted molar refractivity (Wildman–Crippen MR) is 87.9 cm³/mol. The minimum atomic E-state index is -0.697. The minimum Gasteiger partial charge on any atom is -0.444 e. The molecule has 1 atom stereocenters. The number of anilines is 1. The highest BCUT2D eigenvalue weighted by Gasteiger charge is 2.28. The van der Waals surface area contributed by atoms with Crippen LogP contribution in [0.1, 0.15) is 31.7 Å². The van der Waals surface area contributed by atoms with Crippen molar-refractivity contribution in [3.63, 3.8) is 0 Å². The van der Waals surface area contributed by atoms with E-state index >= 15 is 0 Å². The van der Waals surface area contributed by atoms with Gasteiger partial charge in [0.2, 0.25) is 0 Å². The lowest BCUT2D eigenvalue weighted by atomic mass is 10.2. The van der Waals surface area contributed by atoms with Crippen LogP contribution in [0.15, 0.2) is 6.20 Å². The van der Waals surface area contributed by atoms with Gasteiger partial charge < -0.3 is 19.2 Å². The maximum absolute atomic E-state index is 12.1. The number of carbonyl (C=O) groups excluding carboxylic acids is 2. The maximum Gasteiger partial charge on any atom is 0.410 e. The molecule has 1 fully saturated rings. The van der Waals surface area contributed by atoms with Crippen LogP contribution in [0.4, 0.5) is 9.93 Å². The highest BCUT2D eigenvalue weighted by molar-refractivity contribution is 7.15. The second kappa shape index (κ2) is 7.27. The van der Waals surface area contributed by atoms with Crippen LogP contribution in [0.3, 0.4) is 0 Å². The highest BCUT2D eigenvalue weighted by Crippen LogP contribution is 2.30. The molecule has 128 valence electrons. The molecule has 2 rings (SSSR count). The Bertz CT molecular complexity index is 549.